The SMILES string of the molecule is Oc1cc(C=c2cnn3c(=NC4CC4)cc(N4CCOCC4)nc23)c(O)[nH]1. The summed E-state index contributed by atoms with van der Waals surface area (Å²) in [6.45, 7) is 2.92. The number of hydrogen-bond acceptors (Lipinski definition) is 7. The van der Waals surface area contributed by atoms with Crippen molar-refractivity contribution in [3.05, 3.63) is 34.6 Å². The third kappa shape index (κ3) is 3.10. The van der Waals surface area contributed by atoms with E-state index >= 15 is 0 Å². The third-order valence-electron chi connectivity index (χ3n) is 4.79. The number of fused-ring (bicyclic) bond motifs is 1. The smallest absolute Gasteiger partial charge is 0.198 e. The summed E-state index contributed by atoms with van der Waals surface area (Å²) in [7, 11) is 0. The van der Waals surface area contributed by atoms with Gasteiger partial charge in [-0.25, -0.2) is 4.98 Å². The van der Waals surface area contributed by atoms with E-state index in [-0.39, 0.29) is 11.8 Å². The van der Waals surface area contributed by atoms with Crippen molar-refractivity contribution in [2.75, 3.05) is 31.2 Å². The Morgan fingerprint density at radius 2 is 2.04 bits per heavy atom. The maximum absolute atomic E-state index is 9.91. The van der Waals surface area contributed by atoms with Gasteiger partial charge in [0.25, 0.3) is 0 Å². The predicted molar refractivity (Wildman–Crippen MR) is 97.5 cm³/mol. The summed E-state index contributed by atoms with van der Waals surface area (Å²) in [6.07, 6.45) is 5.65. The van der Waals surface area contributed by atoms with Gasteiger partial charge in [-0.1, -0.05) is 0 Å². The van der Waals surface area contributed by atoms with Gasteiger partial charge in [0.15, 0.2) is 22.9 Å². The van der Waals surface area contributed by atoms with E-state index in [1.165, 1.54) is 6.07 Å². The van der Waals surface area contributed by atoms with Crippen molar-refractivity contribution < 1.29 is 14.9 Å². The van der Waals surface area contributed by atoms with Crippen LogP contribution in [0.1, 0.15) is 18.4 Å². The molecule has 9 nitrogen and oxygen atoms in total. The van der Waals surface area contributed by atoms with Crippen molar-refractivity contribution in [2.24, 2.45) is 4.99 Å². The van der Waals surface area contributed by atoms with Crippen LogP contribution in [0.25, 0.3) is 11.7 Å². The van der Waals surface area contributed by atoms with Gasteiger partial charge in [0, 0.05) is 36.0 Å². The van der Waals surface area contributed by atoms with Gasteiger partial charge in [-0.05, 0) is 18.9 Å². The lowest BCUT2D eigenvalue weighted by Gasteiger charge is -2.27. The monoisotopic (exact) mass is 368 g/mol. The van der Waals surface area contributed by atoms with Gasteiger partial charge >= 0.3 is 0 Å². The Balaban J connectivity index is 1.70. The van der Waals surface area contributed by atoms with Crippen LogP contribution in [0.2, 0.25) is 0 Å². The van der Waals surface area contributed by atoms with Crippen LogP contribution in [-0.4, -0.2) is 62.1 Å². The van der Waals surface area contributed by atoms with Gasteiger partial charge in [0.2, 0.25) is 0 Å². The molecule has 0 unspecified atom stereocenters. The number of nitrogens with zero attached hydrogens (tertiary/aromatic N) is 5. The van der Waals surface area contributed by atoms with Crippen LogP contribution in [-0.2, 0) is 4.74 Å². The van der Waals surface area contributed by atoms with E-state index in [9.17, 15) is 10.2 Å². The lowest BCUT2D eigenvalue weighted by atomic mass is 10.2. The zero-order chi connectivity index (χ0) is 18.4. The first-order valence-corrected chi connectivity index (χ1v) is 9.05. The molecule has 5 rings (SSSR count). The second-order valence-corrected chi connectivity index (χ2v) is 6.87. The number of aromatic nitrogens is 4. The van der Waals surface area contributed by atoms with E-state index in [0.717, 1.165) is 42.5 Å². The minimum absolute atomic E-state index is 0.0957. The number of aromatic hydroxyl groups is 2. The van der Waals surface area contributed by atoms with E-state index in [1.54, 1.807) is 16.8 Å². The Kier molecular flexibility index (Phi) is 3.75. The molecule has 1 saturated carbocycles. The fourth-order valence-electron chi connectivity index (χ4n) is 3.21. The largest absolute Gasteiger partial charge is 0.494 e. The second-order valence-electron chi connectivity index (χ2n) is 6.87. The number of anilines is 1. The Morgan fingerprint density at radius 3 is 2.74 bits per heavy atom. The summed E-state index contributed by atoms with van der Waals surface area (Å²) in [5, 5.41) is 24.6. The minimum Gasteiger partial charge on any atom is -0.494 e. The quantitative estimate of drug-likeness (QED) is 0.596. The van der Waals surface area contributed by atoms with E-state index in [4.69, 9.17) is 14.7 Å². The highest BCUT2D eigenvalue weighted by molar-refractivity contribution is 5.62. The Bertz CT molecular complexity index is 1110. The minimum atomic E-state index is -0.0981. The average molecular weight is 368 g/mol. The highest BCUT2D eigenvalue weighted by Crippen LogP contribution is 2.23. The van der Waals surface area contributed by atoms with Crippen LogP contribution in [0.4, 0.5) is 5.82 Å². The highest BCUT2D eigenvalue weighted by atomic mass is 16.5. The molecule has 0 aromatic carbocycles. The van der Waals surface area contributed by atoms with Crippen molar-refractivity contribution in [3.63, 3.8) is 0 Å². The molecular formula is C18H20N6O3. The fourth-order valence-corrected chi connectivity index (χ4v) is 3.21. The molecule has 1 saturated heterocycles. The van der Waals surface area contributed by atoms with Gasteiger partial charge in [0.1, 0.15) is 5.82 Å². The van der Waals surface area contributed by atoms with Gasteiger partial charge in [-0.3, -0.25) is 9.98 Å². The van der Waals surface area contributed by atoms with Crippen LogP contribution in [0.5, 0.6) is 11.8 Å². The molecule has 2 aliphatic rings. The van der Waals surface area contributed by atoms with Crippen LogP contribution in [0.15, 0.2) is 23.3 Å². The first kappa shape index (κ1) is 16.1. The first-order chi connectivity index (χ1) is 13.2. The van der Waals surface area contributed by atoms with E-state index in [1.807, 2.05) is 6.07 Å². The number of aromatic amines is 1. The molecule has 3 aromatic heterocycles. The summed E-state index contributed by atoms with van der Waals surface area (Å²) < 4.78 is 7.18. The summed E-state index contributed by atoms with van der Waals surface area (Å²) >= 11 is 0. The molecule has 140 valence electrons. The van der Waals surface area contributed by atoms with Crippen molar-refractivity contribution in [1.82, 2.24) is 19.6 Å². The molecular weight excluding hydrogens is 348 g/mol. The van der Waals surface area contributed by atoms with Crippen LogP contribution in [0, 0.1) is 0 Å². The van der Waals surface area contributed by atoms with Crippen molar-refractivity contribution >= 4 is 17.5 Å². The second kappa shape index (κ2) is 6.27. The average Bonchev–Trinajstić information content (AvgIpc) is 3.31. The summed E-state index contributed by atoms with van der Waals surface area (Å²) in [6, 6.07) is 3.79. The Hall–Kier alpha value is -3.07. The third-order valence-corrected chi connectivity index (χ3v) is 4.79. The van der Waals surface area contributed by atoms with Gasteiger partial charge in [-0.2, -0.15) is 9.61 Å². The van der Waals surface area contributed by atoms with Gasteiger partial charge < -0.3 is 19.8 Å². The molecule has 4 heterocycles. The number of rotatable bonds is 3. The van der Waals surface area contributed by atoms with Gasteiger partial charge in [0.05, 0.1) is 25.5 Å². The number of morpholine rings is 1. The molecule has 27 heavy (non-hydrogen) atoms. The molecule has 3 N–H and O–H groups in total. The summed E-state index contributed by atoms with van der Waals surface area (Å²) in [5.41, 5.74) is 1.92. The summed E-state index contributed by atoms with van der Waals surface area (Å²) in [5.74, 6) is 0.655. The molecule has 1 aliphatic heterocycles. The zero-order valence-corrected chi connectivity index (χ0v) is 14.7. The molecule has 0 amide bonds. The maximum atomic E-state index is 9.91. The topological polar surface area (TPSA) is 111 Å². The Morgan fingerprint density at radius 1 is 1.22 bits per heavy atom. The normalized spacial score (nSPS) is 19.3. The lowest BCUT2D eigenvalue weighted by Crippen LogP contribution is -2.38. The molecule has 0 bridgehead atoms. The summed E-state index contributed by atoms with van der Waals surface area (Å²) in [4.78, 5) is 14.2. The number of H-pyrrole nitrogens is 1. The number of hydrogen-bond donors (Lipinski definition) is 3. The van der Waals surface area contributed by atoms with Crippen LogP contribution < -0.4 is 15.6 Å². The van der Waals surface area contributed by atoms with Gasteiger partial charge in [-0.15, -0.1) is 0 Å². The first-order valence-electron chi connectivity index (χ1n) is 9.05. The van der Waals surface area contributed by atoms with Crippen molar-refractivity contribution in [2.45, 2.75) is 18.9 Å². The molecule has 0 radical (unpaired) electrons. The number of nitrogens with one attached hydrogen (secondary N) is 1. The molecule has 0 atom stereocenters. The predicted octanol–water partition coefficient (Wildman–Crippen LogP) is -0.0840. The van der Waals surface area contributed by atoms with E-state index in [0.29, 0.717) is 30.5 Å². The zero-order valence-electron chi connectivity index (χ0n) is 14.7. The standard InChI is InChI=1S/C18H20N6O3/c25-16-8-11(18(26)22-16)7-12-10-19-24-15(20-13-1-2-13)9-14(21-17(12)24)23-3-5-27-6-4-23/h7-10,13,22,25-26H,1-6H2. The van der Waals surface area contributed by atoms with Crippen LogP contribution in [0.3, 0.4) is 0 Å². The van der Waals surface area contributed by atoms with Crippen molar-refractivity contribution in [1.29, 1.82) is 0 Å². The van der Waals surface area contributed by atoms with Crippen LogP contribution >= 0.6 is 0 Å². The molecule has 0 spiro atoms. The fraction of sp³-hybridized carbons (Fsp3) is 0.389. The van der Waals surface area contributed by atoms with Crippen molar-refractivity contribution in [3.8, 4) is 11.8 Å². The lowest BCUT2D eigenvalue weighted by molar-refractivity contribution is 0.122. The molecule has 2 fully saturated rings. The molecule has 1 aliphatic carbocycles. The van der Waals surface area contributed by atoms with E-state index in [2.05, 4.69) is 15.0 Å². The molecule has 3 aromatic rings. The molecule has 9 heteroatoms. The van der Waals surface area contributed by atoms with E-state index < -0.39 is 0 Å². The number of ether oxygens (including phenoxy) is 1. The Labute approximate surface area is 154 Å². The maximum Gasteiger partial charge on any atom is 0.198 e. The highest BCUT2D eigenvalue weighted by Gasteiger charge is 2.21.